The van der Waals surface area contributed by atoms with E-state index in [1.165, 1.54) is 12.4 Å². The predicted octanol–water partition coefficient (Wildman–Crippen LogP) is 1.48. The number of rotatable bonds is 5. The van der Waals surface area contributed by atoms with Gasteiger partial charge >= 0.3 is 0 Å². The molecule has 1 aromatic rings. The molecule has 0 radical (unpaired) electrons. The first-order valence-electron chi connectivity index (χ1n) is 7.19. The molecular weight excluding hydrogens is 256 g/mol. The van der Waals surface area contributed by atoms with E-state index in [0.29, 0.717) is 13.1 Å². The van der Waals surface area contributed by atoms with Gasteiger partial charge in [0.05, 0.1) is 6.10 Å². The fourth-order valence-corrected chi connectivity index (χ4v) is 2.41. The van der Waals surface area contributed by atoms with Crippen LogP contribution in [0.5, 0.6) is 0 Å². The van der Waals surface area contributed by atoms with E-state index in [9.17, 15) is 4.79 Å². The zero-order chi connectivity index (χ0) is 14.4. The number of hydrogen-bond acceptors (Lipinski definition) is 5. The second-order valence-corrected chi connectivity index (χ2v) is 5.03. The average Bonchev–Trinajstić information content (AvgIpc) is 2.48. The van der Waals surface area contributed by atoms with Gasteiger partial charge in [-0.1, -0.05) is 6.92 Å². The van der Waals surface area contributed by atoms with Crippen molar-refractivity contribution in [3.05, 3.63) is 18.1 Å². The van der Waals surface area contributed by atoms with Crippen LogP contribution in [0.3, 0.4) is 0 Å². The minimum atomic E-state index is -0.161. The molecule has 1 amide bonds. The van der Waals surface area contributed by atoms with Gasteiger partial charge in [-0.2, -0.15) is 0 Å². The minimum absolute atomic E-state index is 0.122. The molecule has 20 heavy (non-hydrogen) atoms. The van der Waals surface area contributed by atoms with Crippen LogP contribution in [0.4, 0.5) is 5.82 Å². The van der Waals surface area contributed by atoms with E-state index in [4.69, 9.17) is 10.5 Å². The lowest BCUT2D eigenvalue weighted by atomic mass is 10.1. The van der Waals surface area contributed by atoms with Crippen LogP contribution in [0, 0.1) is 0 Å². The van der Waals surface area contributed by atoms with Crippen molar-refractivity contribution in [2.45, 2.75) is 38.7 Å². The van der Waals surface area contributed by atoms with Gasteiger partial charge in [-0.25, -0.2) is 9.97 Å². The second-order valence-electron chi connectivity index (χ2n) is 5.03. The molecule has 1 atom stereocenters. The van der Waals surface area contributed by atoms with Crippen molar-refractivity contribution < 1.29 is 9.53 Å². The molecule has 2 N–H and O–H groups in total. The first-order valence-corrected chi connectivity index (χ1v) is 7.19. The number of ether oxygens (including phenoxy) is 1. The Labute approximate surface area is 119 Å². The molecule has 1 aromatic heterocycles. The van der Waals surface area contributed by atoms with Gasteiger partial charge in [-0.05, 0) is 25.7 Å². The Morgan fingerprint density at radius 2 is 2.25 bits per heavy atom. The van der Waals surface area contributed by atoms with Crippen LogP contribution in [0.1, 0.15) is 43.1 Å². The van der Waals surface area contributed by atoms with Crippen molar-refractivity contribution in [2.24, 2.45) is 0 Å². The molecule has 0 aromatic carbocycles. The fourth-order valence-electron chi connectivity index (χ4n) is 2.41. The highest BCUT2D eigenvalue weighted by Crippen LogP contribution is 2.16. The Bertz CT molecular complexity index is 447. The lowest BCUT2D eigenvalue weighted by molar-refractivity contribution is -0.00394. The van der Waals surface area contributed by atoms with Gasteiger partial charge < -0.3 is 15.4 Å². The number of nitrogen functional groups attached to an aromatic ring is 1. The predicted molar refractivity (Wildman–Crippen MR) is 76.2 cm³/mol. The maximum absolute atomic E-state index is 12.5. The summed E-state index contributed by atoms with van der Waals surface area (Å²) in [5.41, 5.74) is 5.97. The van der Waals surface area contributed by atoms with E-state index in [-0.39, 0.29) is 23.5 Å². The van der Waals surface area contributed by atoms with Crippen molar-refractivity contribution in [2.75, 3.05) is 25.4 Å². The Morgan fingerprint density at radius 3 is 2.90 bits per heavy atom. The quantitative estimate of drug-likeness (QED) is 0.882. The van der Waals surface area contributed by atoms with Crippen LogP contribution in [0.15, 0.2) is 12.4 Å². The topological polar surface area (TPSA) is 81.3 Å². The number of carbonyl (C=O) groups is 1. The van der Waals surface area contributed by atoms with Crippen LogP contribution in [0.25, 0.3) is 0 Å². The van der Waals surface area contributed by atoms with Gasteiger partial charge in [0, 0.05) is 32.1 Å². The summed E-state index contributed by atoms with van der Waals surface area (Å²) in [6.45, 7) is 4.10. The van der Waals surface area contributed by atoms with Crippen molar-refractivity contribution in [1.29, 1.82) is 0 Å². The lowest BCUT2D eigenvalue weighted by Gasteiger charge is -2.29. The molecule has 1 aliphatic heterocycles. The van der Waals surface area contributed by atoms with Gasteiger partial charge in [0.15, 0.2) is 11.5 Å². The van der Waals surface area contributed by atoms with E-state index in [1.807, 2.05) is 6.92 Å². The van der Waals surface area contributed by atoms with Crippen LogP contribution in [-0.4, -0.2) is 46.6 Å². The molecule has 0 unspecified atom stereocenters. The molecule has 1 saturated heterocycles. The molecule has 1 aliphatic rings. The molecule has 0 saturated carbocycles. The highest BCUT2D eigenvalue weighted by Gasteiger charge is 2.24. The third-order valence-corrected chi connectivity index (χ3v) is 3.41. The van der Waals surface area contributed by atoms with Gasteiger partial charge in [0.1, 0.15) is 0 Å². The molecular formula is C14H22N4O2. The van der Waals surface area contributed by atoms with Gasteiger partial charge in [0.25, 0.3) is 5.91 Å². The SMILES string of the molecule is CCCN(C[C@@H]1CCCCO1)C(=O)c1nccnc1N. The molecule has 6 nitrogen and oxygen atoms in total. The summed E-state index contributed by atoms with van der Waals surface area (Å²) >= 11 is 0. The Balaban J connectivity index is 2.07. The van der Waals surface area contributed by atoms with Crippen molar-refractivity contribution in [1.82, 2.24) is 14.9 Å². The Morgan fingerprint density at radius 1 is 1.45 bits per heavy atom. The molecule has 0 bridgehead atoms. The van der Waals surface area contributed by atoms with Crippen LogP contribution >= 0.6 is 0 Å². The maximum atomic E-state index is 12.5. The standard InChI is InChI=1S/C14H22N4O2/c1-2-8-18(10-11-5-3-4-9-20-11)14(19)12-13(15)17-7-6-16-12/h6-7,11H,2-5,8-10H2,1H3,(H2,15,17)/t11-/m0/s1. The maximum Gasteiger partial charge on any atom is 0.276 e. The molecule has 0 spiro atoms. The van der Waals surface area contributed by atoms with Crippen molar-refractivity contribution >= 4 is 11.7 Å². The lowest BCUT2D eigenvalue weighted by Crippen LogP contribution is -2.40. The van der Waals surface area contributed by atoms with Gasteiger partial charge in [-0.15, -0.1) is 0 Å². The number of amides is 1. The Kier molecular flexibility index (Phi) is 5.29. The highest BCUT2D eigenvalue weighted by molar-refractivity contribution is 5.96. The van der Waals surface area contributed by atoms with Crippen LogP contribution in [0.2, 0.25) is 0 Å². The summed E-state index contributed by atoms with van der Waals surface area (Å²) in [5.74, 6) is 0.0230. The molecule has 0 aliphatic carbocycles. The van der Waals surface area contributed by atoms with Crippen molar-refractivity contribution in [3.8, 4) is 0 Å². The second kappa shape index (κ2) is 7.19. The zero-order valence-corrected chi connectivity index (χ0v) is 11.9. The fraction of sp³-hybridized carbons (Fsp3) is 0.643. The number of carbonyl (C=O) groups excluding carboxylic acids is 1. The van der Waals surface area contributed by atoms with E-state index in [0.717, 1.165) is 32.3 Å². The first kappa shape index (κ1) is 14.7. The highest BCUT2D eigenvalue weighted by atomic mass is 16.5. The smallest absolute Gasteiger partial charge is 0.276 e. The minimum Gasteiger partial charge on any atom is -0.382 e. The number of aromatic nitrogens is 2. The molecule has 2 rings (SSSR count). The van der Waals surface area contributed by atoms with Crippen LogP contribution in [-0.2, 0) is 4.74 Å². The van der Waals surface area contributed by atoms with E-state index >= 15 is 0 Å². The van der Waals surface area contributed by atoms with E-state index in [2.05, 4.69) is 9.97 Å². The summed E-state index contributed by atoms with van der Waals surface area (Å²) in [5, 5.41) is 0. The molecule has 1 fully saturated rings. The molecule has 2 heterocycles. The monoisotopic (exact) mass is 278 g/mol. The Hall–Kier alpha value is -1.69. The number of nitrogens with two attached hydrogens (primary N) is 1. The molecule has 110 valence electrons. The van der Waals surface area contributed by atoms with Crippen molar-refractivity contribution in [3.63, 3.8) is 0 Å². The third kappa shape index (κ3) is 3.66. The summed E-state index contributed by atoms with van der Waals surface area (Å²) in [6.07, 6.45) is 7.26. The largest absolute Gasteiger partial charge is 0.382 e. The number of hydrogen-bond donors (Lipinski definition) is 1. The number of anilines is 1. The van der Waals surface area contributed by atoms with E-state index < -0.39 is 0 Å². The number of nitrogens with zero attached hydrogens (tertiary/aromatic N) is 3. The van der Waals surface area contributed by atoms with Gasteiger partial charge in [-0.3, -0.25) is 4.79 Å². The summed E-state index contributed by atoms with van der Waals surface area (Å²) < 4.78 is 5.71. The summed E-state index contributed by atoms with van der Waals surface area (Å²) in [6, 6.07) is 0. The normalized spacial score (nSPS) is 18.8. The zero-order valence-electron chi connectivity index (χ0n) is 11.9. The van der Waals surface area contributed by atoms with Gasteiger partial charge in [0.2, 0.25) is 0 Å². The molecule has 6 heteroatoms. The third-order valence-electron chi connectivity index (χ3n) is 3.41. The van der Waals surface area contributed by atoms with Crippen LogP contribution < -0.4 is 5.73 Å². The first-order chi connectivity index (χ1) is 9.72. The summed E-state index contributed by atoms with van der Waals surface area (Å²) in [7, 11) is 0. The summed E-state index contributed by atoms with van der Waals surface area (Å²) in [4.78, 5) is 22.3. The average molecular weight is 278 g/mol. The van der Waals surface area contributed by atoms with E-state index in [1.54, 1.807) is 4.90 Å².